The standard InChI is InChI=1S/C14H11N3O4/c1-15-10-6-8(17(19)20)7-12-13(10)14(18)16-9-4-2-3-5-11(9)21-12/h2-7,15H,1H3,(H,16,18). The van der Waals surface area contributed by atoms with Crippen molar-refractivity contribution in [3.8, 4) is 11.5 Å². The minimum Gasteiger partial charge on any atom is -0.454 e. The van der Waals surface area contributed by atoms with E-state index in [1.165, 1.54) is 12.1 Å². The first kappa shape index (κ1) is 12.9. The van der Waals surface area contributed by atoms with Gasteiger partial charge in [0.2, 0.25) is 0 Å². The lowest BCUT2D eigenvalue weighted by Crippen LogP contribution is -2.13. The molecule has 0 unspecified atom stereocenters. The van der Waals surface area contributed by atoms with Crippen molar-refractivity contribution in [3.63, 3.8) is 0 Å². The SMILES string of the molecule is CNc1cc([N+](=O)[O-])cc2c1C(=O)Nc1ccccc1O2. The van der Waals surface area contributed by atoms with Gasteiger partial charge < -0.3 is 15.4 Å². The fourth-order valence-corrected chi connectivity index (χ4v) is 2.18. The molecule has 1 aliphatic rings. The Morgan fingerprint density at radius 3 is 2.71 bits per heavy atom. The van der Waals surface area contributed by atoms with Crippen LogP contribution < -0.4 is 15.4 Å². The molecule has 1 aliphatic heterocycles. The number of hydrogen-bond donors (Lipinski definition) is 2. The van der Waals surface area contributed by atoms with Gasteiger partial charge in [-0.2, -0.15) is 0 Å². The smallest absolute Gasteiger partial charge is 0.275 e. The molecule has 0 atom stereocenters. The van der Waals surface area contributed by atoms with Gasteiger partial charge in [0.1, 0.15) is 11.3 Å². The fourth-order valence-electron chi connectivity index (χ4n) is 2.18. The summed E-state index contributed by atoms with van der Waals surface area (Å²) in [6.07, 6.45) is 0. The Kier molecular flexibility index (Phi) is 2.94. The van der Waals surface area contributed by atoms with Crippen molar-refractivity contribution < 1.29 is 14.5 Å². The van der Waals surface area contributed by atoms with Gasteiger partial charge in [-0.3, -0.25) is 14.9 Å². The summed E-state index contributed by atoms with van der Waals surface area (Å²) < 4.78 is 5.68. The molecule has 21 heavy (non-hydrogen) atoms. The maximum Gasteiger partial charge on any atom is 0.275 e. The summed E-state index contributed by atoms with van der Waals surface area (Å²) in [6, 6.07) is 9.46. The van der Waals surface area contributed by atoms with Crippen LogP contribution in [-0.2, 0) is 0 Å². The summed E-state index contributed by atoms with van der Waals surface area (Å²) in [4.78, 5) is 22.8. The van der Waals surface area contributed by atoms with Gasteiger partial charge in [-0.1, -0.05) is 12.1 Å². The van der Waals surface area contributed by atoms with Crippen molar-refractivity contribution in [2.24, 2.45) is 0 Å². The first-order valence-corrected chi connectivity index (χ1v) is 6.18. The Morgan fingerprint density at radius 2 is 2.00 bits per heavy atom. The van der Waals surface area contributed by atoms with Crippen molar-refractivity contribution in [1.29, 1.82) is 0 Å². The third-order valence-corrected chi connectivity index (χ3v) is 3.15. The molecule has 0 aliphatic carbocycles. The van der Waals surface area contributed by atoms with Gasteiger partial charge in [-0.25, -0.2) is 0 Å². The van der Waals surface area contributed by atoms with Crippen LogP contribution in [0.4, 0.5) is 17.1 Å². The first-order valence-electron chi connectivity index (χ1n) is 6.18. The maximum atomic E-state index is 12.3. The average molecular weight is 285 g/mol. The molecule has 3 rings (SSSR count). The van der Waals surface area contributed by atoms with Crippen LogP contribution in [0.15, 0.2) is 36.4 Å². The van der Waals surface area contributed by atoms with Crippen LogP contribution in [0.2, 0.25) is 0 Å². The van der Waals surface area contributed by atoms with Crippen molar-refractivity contribution in [3.05, 3.63) is 52.1 Å². The lowest BCUT2D eigenvalue weighted by molar-refractivity contribution is -0.384. The molecule has 2 N–H and O–H groups in total. The van der Waals surface area contributed by atoms with Crippen molar-refractivity contribution in [1.82, 2.24) is 0 Å². The summed E-state index contributed by atoms with van der Waals surface area (Å²) in [6.45, 7) is 0. The van der Waals surface area contributed by atoms with Gasteiger partial charge in [0.05, 0.1) is 22.4 Å². The monoisotopic (exact) mass is 285 g/mol. The minimum atomic E-state index is -0.529. The second-order valence-electron chi connectivity index (χ2n) is 4.43. The molecule has 7 nitrogen and oxygen atoms in total. The number of carbonyl (C=O) groups is 1. The van der Waals surface area contributed by atoms with Gasteiger partial charge >= 0.3 is 0 Å². The van der Waals surface area contributed by atoms with Crippen LogP contribution in [0.5, 0.6) is 11.5 Å². The number of rotatable bonds is 2. The summed E-state index contributed by atoms with van der Waals surface area (Å²) in [5, 5.41) is 16.5. The highest BCUT2D eigenvalue weighted by atomic mass is 16.6. The Labute approximate surface area is 119 Å². The van der Waals surface area contributed by atoms with Crippen LogP contribution in [0.25, 0.3) is 0 Å². The van der Waals surface area contributed by atoms with E-state index in [9.17, 15) is 14.9 Å². The van der Waals surface area contributed by atoms with E-state index in [1.54, 1.807) is 31.3 Å². The molecule has 0 radical (unpaired) electrons. The summed E-state index contributed by atoms with van der Waals surface area (Å²) >= 11 is 0. The minimum absolute atomic E-state index is 0.148. The second-order valence-corrected chi connectivity index (χ2v) is 4.43. The van der Waals surface area contributed by atoms with Gasteiger partial charge in [-0.15, -0.1) is 0 Å². The molecule has 0 bridgehead atoms. The van der Waals surface area contributed by atoms with Crippen molar-refractivity contribution >= 4 is 23.0 Å². The lowest BCUT2D eigenvalue weighted by Gasteiger charge is -2.10. The molecule has 0 aromatic heterocycles. The number of carbonyl (C=O) groups excluding carboxylic acids is 1. The van der Waals surface area contributed by atoms with Gasteiger partial charge in [0, 0.05) is 13.1 Å². The largest absolute Gasteiger partial charge is 0.454 e. The molecule has 7 heteroatoms. The first-order chi connectivity index (χ1) is 10.1. The number of amides is 1. The van der Waals surface area contributed by atoms with Gasteiger partial charge in [-0.05, 0) is 12.1 Å². The van der Waals surface area contributed by atoms with Crippen LogP contribution in [0.3, 0.4) is 0 Å². The van der Waals surface area contributed by atoms with E-state index in [2.05, 4.69) is 10.6 Å². The second kappa shape index (κ2) is 4.78. The molecule has 106 valence electrons. The highest BCUT2D eigenvalue weighted by Crippen LogP contribution is 2.40. The topological polar surface area (TPSA) is 93.5 Å². The van der Waals surface area contributed by atoms with Gasteiger partial charge in [0.15, 0.2) is 5.75 Å². The molecule has 0 saturated heterocycles. The maximum absolute atomic E-state index is 12.3. The number of nitrogens with zero attached hydrogens (tertiary/aromatic N) is 1. The van der Waals surface area contributed by atoms with Crippen LogP contribution in [-0.4, -0.2) is 17.9 Å². The average Bonchev–Trinajstić information content (AvgIpc) is 2.61. The number of non-ortho nitro benzene ring substituents is 1. The Morgan fingerprint density at radius 1 is 1.24 bits per heavy atom. The predicted molar refractivity (Wildman–Crippen MR) is 77.1 cm³/mol. The third kappa shape index (κ3) is 2.14. The van der Waals surface area contributed by atoms with E-state index in [4.69, 9.17) is 4.74 Å². The number of benzene rings is 2. The normalized spacial score (nSPS) is 12.3. The molecular formula is C14H11N3O4. The molecule has 2 aromatic carbocycles. The molecule has 0 saturated carbocycles. The number of ether oxygens (including phenoxy) is 1. The number of hydrogen-bond acceptors (Lipinski definition) is 5. The Bertz CT molecular complexity index is 758. The number of para-hydroxylation sites is 2. The summed E-state index contributed by atoms with van der Waals surface area (Å²) in [5.74, 6) is 0.206. The quantitative estimate of drug-likeness (QED) is 0.653. The zero-order valence-electron chi connectivity index (χ0n) is 11.0. The van der Waals surface area contributed by atoms with Crippen LogP contribution in [0.1, 0.15) is 10.4 Å². The van der Waals surface area contributed by atoms with Gasteiger partial charge in [0.25, 0.3) is 11.6 Å². The highest BCUT2D eigenvalue weighted by molar-refractivity contribution is 6.12. The van der Waals surface area contributed by atoms with Crippen LogP contribution in [0, 0.1) is 10.1 Å². The number of fused-ring (bicyclic) bond motifs is 2. The molecule has 1 amide bonds. The Balaban J connectivity index is 2.23. The zero-order valence-corrected chi connectivity index (χ0v) is 11.0. The van der Waals surface area contributed by atoms with E-state index < -0.39 is 4.92 Å². The van der Waals surface area contributed by atoms with Crippen LogP contribution >= 0.6 is 0 Å². The van der Waals surface area contributed by atoms with E-state index >= 15 is 0 Å². The van der Waals surface area contributed by atoms with E-state index in [0.717, 1.165) is 0 Å². The lowest BCUT2D eigenvalue weighted by atomic mass is 10.1. The van der Waals surface area contributed by atoms with Crippen molar-refractivity contribution in [2.45, 2.75) is 0 Å². The van der Waals surface area contributed by atoms with E-state index in [1.807, 2.05) is 0 Å². The highest BCUT2D eigenvalue weighted by Gasteiger charge is 2.26. The predicted octanol–water partition coefficient (Wildman–Crippen LogP) is 2.99. The fraction of sp³-hybridized carbons (Fsp3) is 0.0714. The molecule has 2 aromatic rings. The number of anilines is 2. The zero-order chi connectivity index (χ0) is 15.0. The number of nitro groups is 1. The molecule has 0 spiro atoms. The van der Waals surface area contributed by atoms with E-state index in [0.29, 0.717) is 17.1 Å². The summed E-state index contributed by atoms with van der Waals surface area (Å²) in [5.41, 5.74) is 0.942. The van der Waals surface area contributed by atoms with E-state index in [-0.39, 0.29) is 22.9 Å². The summed E-state index contributed by atoms with van der Waals surface area (Å²) in [7, 11) is 1.59. The molecular weight excluding hydrogens is 274 g/mol. The molecule has 0 fully saturated rings. The third-order valence-electron chi connectivity index (χ3n) is 3.15. The Hall–Kier alpha value is -3.09. The number of nitrogens with one attached hydrogen (secondary N) is 2. The van der Waals surface area contributed by atoms with Crippen molar-refractivity contribution in [2.75, 3.05) is 17.7 Å². The molecule has 1 heterocycles. The number of nitro benzene ring substituents is 1.